The van der Waals surface area contributed by atoms with Gasteiger partial charge in [0.25, 0.3) is 0 Å². The van der Waals surface area contributed by atoms with Gasteiger partial charge < -0.3 is 75.8 Å². The van der Waals surface area contributed by atoms with Crippen LogP contribution in [-0.2, 0) is 47.9 Å². The van der Waals surface area contributed by atoms with E-state index in [1.54, 1.807) is 60.6 Å². The molecule has 26 heteroatoms. The van der Waals surface area contributed by atoms with E-state index in [4.69, 9.17) is 0 Å². The molecule has 7 N–H and O–H groups in total. The summed E-state index contributed by atoms with van der Waals surface area (Å²) in [5.41, 5.74) is -1.57. The van der Waals surface area contributed by atoms with Gasteiger partial charge in [-0.05, 0) is 116 Å². The van der Waals surface area contributed by atoms with E-state index in [2.05, 4.69) is 21.3 Å². The van der Waals surface area contributed by atoms with Crippen LogP contribution in [-0.4, -0.2) is 261 Å². The van der Waals surface area contributed by atoms with E-state index in [-0.39, 0.29) is 61.3 Å². The Morgan fingerprint density at radius 3 is 1.47 bits per heavy atom. The molecule has 92 heavy (non-hydrogen) atoms. The number of nitrogens with one attached hydrogen (secondary N) is 4. The number of rotatable bonds is 19. The zero-order chi connectivity index (χ0) is 71.5. The molecule has 0 saturated carbocycles. The molecule has 1 aliphatic heterocycles. The molecule has 12 atom stereocenters. The topological polar surface area (TPSA) is 305 Å². The second kappa shape index (κ2) is 37.8. The van der Waals surface area contributed by atoms with Gasteiger partial charge in [0.05, 0.1) is 11.7 Å². The lowest BCUT2D eigenvalue weighted by Gasteiger charge is -2.41. The fraction of sp³-hybridized carbons (Fsp3) is 0.788. The summed E-state index contributed by atoms with van der Waals surface area (Å²) in [6.45, 7) is 29.4. The number of nitrogens with zero attached hydrogens (tertiary/aromatic N) is 8. The van der Waals surface area contributed by atoms with Gasteiger partial charge in [0.2, 0.25) is 65.0 Å². The van der Waals surface area contributed by atoms with Gasteiger partial charge in [0, 0.05) is 68.1 Å². The third kappa shape index (κ3) is 24.1. The van der Waals surface area contributed by atoms with E-state index in [0.29, 0.717) is 12.3 Å². The van der Waals surface area contributed by atoms with Crippen LogP contribution in [0.25, 0.3) is 0 Å². The molecular formula is C66H120N12O13S. The predicted octanol–water partition coefficient (Wildman–Crippen LogP) is 3.84. The normalized spacial score (nSPS) is 26.8. The summed E-state index contributed by atoms with van der Waals surface area (Å²) >= 11 is 1.07. The van der Waals surface area contributed by atoms with Crippen molar-refractivity contribution in [3.05, 3.63) is 23.1 Å². The third-order valence-electron chi connectivity index (χ3n) is 16.9. The van der Waals surface area contributed by atoms with Crippen molar-refractivity contribution in [2.45, 2.75) is 228 Å². The van der Waals surface area contributed by atoms with E-state index in [0.717, 1.165) is 21.6 Å². The Kier molecular flexibility index (Phi) is 34.5. The van der Waals surface area contributed by atoms with E-state index in [1.807, 2.05) is 60.5 Å². The zero-order valence-corrected chi connectivity index (χ0v) is 61.4. The maximum atomic E-state index is 15.3. The standard InChI is InChI=1S/C66H120N12O13S/c1-27-29-30-42(13)53(79)52-57(83)69-45(28-2)59(85)78(26)65(92-32-31-71(18)19)64(90)75(23)49(36-66(16,17)91)56(82)70-50(40(9)10)62(88)72(20)46(33-37(3)4)55(81)67-43(14)54(80)68-44(15)58(84)73(21)47(34-38(5)6)60(86)74(22)48(35-39(7)8)61(87)76(24)51(41(11)12)63(89)77(52)25/h27,29,37-53,79,90-91H,28,30-36H2,1-26H3,(H,67,81)(H,68,80)(H,69,83)(H,70,82)/b29-27+,65-64-/t42-,43+,44-,45+,46+,47+,48+,49+,50+,51+,52+,53-/m1/s1. The molecule has 0 aliphatic carbocycles. The van der Waals surface area contributed by atoms with Gasteiger partial charge in [-0.3, -0.25) is 47.9 Å². The van der Waals surface area contributed by atoms with Crippen LogP contribution in [0.2, 0.25) is 0 Å². The molecule has 0 aromatic heterocycles. The first-order chi connectivity index (χ1) is 42.3. The fourth-order valence-electron chi connectivity index (χ4n) is 11.1. The minimum atomic E-state index is -1.65. The van der Waals surface area contributed by atoms with Crippen molar-refractivity contribution < 1.29 is 63.3 Å². The Morgan fingerprint density at radius 2 is 1.01 bits per heavy atom. The van der Waals surface area contributed by atoms with Crippen molar-refractivity contribution in [3.8, 4) is 0 Å². The zero-order valence-electron chi connectivity index (χ0n) is 60.5. The first-order valence-corrected chi connectivity index (χ1v) is 33.6. The van der Waals surface area contributed by atoms with Crippen LogP contribution >= 0.6 is 11.8 Å². The molecule has 10 amide bonds. The highest BCUT2D eigenvalue weighted by Gasteiger charge is 2.46. The second-order valence-corrected chi connectivity index (χ2v) is 29.2. The summed E-state index contributed by atoms with van der Waals surface area (Å²) in [5.74, 6) is -9.79. The van der Waals surface area contributed by atoms with E-state index >= 15 is 24.0 Å². The van der Waals surface area contributed by atoms with Crippen LogP contribution in [0, 0.1) is 35.5 Å². The molecule has 1 aliphatic rings. The number of allylic oxidation sites excluding steroid dienone is 2. The molecular weight excluding hydrogens is 1200 g/mol. The second-order valence-electron chi connectivity index (χ2n) is 28.1. The van der Waals surface area contributed by atoms with E-state index < -0.39 is 155 Å². The number of aliphatic hydroxyl groups excluding tert-OH is 2. The van der Waals surface area contributed by atoms with Crippen LogP contribution in [0.3, 0.4) is 0 Å². The summed E-state index contributed by atoms with van der Waals surface area (Å²) < 4.78 is 0. The molecule has 0 spiro atoms. The minimum Gasteiger partial charge on any atom is -0.493 e. The molecule has 0 unspecified atom stereocenters. The number of thioether (sulfide) groups is 1. The third-order valence-corrected chi connectivity index (χ3v) is 18.0. The monoisotopic (exact) mass is 1320 g/mol. The Balaban J connectivity index is 4.62. The van der Waals surface area contributed by atoms with Gasteiger partial charge in [0.15, 0.2) is 0 Å². The maximum Gasteiger partial charge on any atom is 0.249 e. The number of aliphatic hydroxyl groups is 3. The van der Waals surface area contributed by atoms with E-state index in [1.165, 1.54) is 102 Å². The van der Waals surface area contributed by atoms with Crippen molar-refractivity contribution >= 4 is 70.8 Å². The minimum absolute atomic E-state index is 0.0252. The number of carbonyl (C=O) groups is 10. The van der Waals surface area contributed by atoms with Crippen LogP contribution in [0.1, 0.15) is 156 Å². The smallest absolute Gasteiger partial charge is 0.249 e. The summed E-state index contributed by atoms with van der Waals surface area (Å²) in [4.78, 5) is 159. The average molecular weight is 1320 g/mol. The van der Waals surface area contributed by atoms with Gasteiger partial charge >= 0.3 is 0 Å². The molecule has 0 fully saturated rings. The molecule has 0 bridgehead atoms. The number of hydrogen-bond acceptors (Lipinski definition) is 16. The molecule has 528 valence electrons. The first-order valence-electron chi connectivity index (χ1n) is 32.6. The molecule has 0 aromatic rings. The number of likely N-dealkylation sites (N-methyl/N-ethyl adjacent to an activating group) is 7. The van der Waals surface area contributed by atoms with Gasteiger partial charge in [-0.2, -0.15) is 0 Å². The Bertz CT molecular complexity index is 2560. The van der Waals surface area contributed by atoms with Crippen molar-refractivity contribution in [3.63, 3.8) is 0 Å². The number of carbonyl (C=O) groups excluding carboxylic acids is 10. The quantitative estimate of drug-likeness (QED) is 0.0904. The lowest BCUT2D eigenvalue weighted by molar-refractivity contribution is -0.157. The summed E-state index contributed by atoms with van der Waals surface area (Å²) in [6.07, 6.45) is 2.39. The van der Waals surface area contributed by atoms with Crippen molar-refractivity contribution in [2.24, 2.45) is 35.5 Å². The summed E-state index contributed by atoms with van der Waals surface area (Å²) in [6, 6.07) is -13.0. The van der Waals surface area contributed by atoms with Crippen LogP contribution in [0.4, 0.5) is 0 Å². The summed E-state index contributed by atoms with van der Waals surface area (Å²) in [5, 5.41) is 47.1. The van der Waals surface area contributed by atoms with Crippen molar-refractivity contribution in [2.75, 3.05) is 75.7 Å². The Morgan fingerprint density at radius 1 is 0.554 bits per heavy atom. The molecule has 1 heterocycles. The van der Waals surface area contributed by atoms with Gasteiger partial charge in [-0.25, -0.2) is 0 Å². The number of amides is 10. The van der Waals surface area contributed by atoms with Crippen LogP contribution in [0.5, 0.6) is 0 Å². The molecule has 25 nitrogen and oxygen atoms in total. The summed E-state index contributed by atoms with van der Waals surface area (Å²) in [7, 11) is 13.5. The molecule has 0 radical (unpaired) electrons. The van der Waals surface area contributed by atoms with Gasteiger partial charge in [0.1, 0.15) is 65.4 Å². The lowest BCUT2D eigenvalue weighted by atomic mass is 9.91. The van der Waals surface area contributed by atoms with Crippen LogP contribution < -0.4 is 21.3 Å². The number of hydrogen-bond donors (Lipinski definition) is 7. The Labute approximate surface area is 554 Å². The van der Waals surface area contributed by atoms with Crippen molar-refractivity contribution in [1.29, 1.82) is 0 Å². The van der Waals surface area contributed by atoms with Gasteiger partial charge in [-0.1, -0.05) is 95.2 Å². The largest absolute Gasteiger partial charge is 0.493 e. The highest BCUT2D eigenvalue weighted by atomic mass is 32.2. The fourth-order valence-corrected chi connectivity index (χ4v) is 12.3. The molecule has 1 rings (SSSR count). The lowest BCUT2D eigenvalue weighted by Crippen LogP contribution is -2.63. The van der Waals surface area contributed by atoms with E-state index in [9.17, 15) is 39.3 Å². The average Bonchev–Trinajstić information content (AvgIpc) is 0.830. The molecule has 0 saturated heterocycles. The van der Waals surface area contributed by atoms with Crippen molar-refractivity contribution in [1.82, 2.24) is 60.5 Å². The molecule has 0 aromatic carbocycles. The first kappa shape index (κ1) is 84.0. The highest BCUT2D eigenvalue weighted by molar-refractivity contribution is 8.03. The predicted molar refractivity (Wildman–Crippen MR) is 361 cm³/mol. The van der Waals surface area contributed by atoms with Crippen LogP contribution in [0.15, 0.2) is 23.1 Å². The van der Waals surface area contributed by atoms with Gasteiger partial charge in [-0.15, -0.1) is 11.8 Å². The maximum absolute atomic E-state index is 15.3. The SMILES string of the molecule is C/C=C/C[C@@H](C)[C@@H](O)[C@H]1C(=O)N[C@@H](CC)C(=O)N(C)/C(SCCN(C)C)=C(/O)N(C)[C@@H](CC(C)(C)O)C(=O)N[C@@H](C(C)C)C(=O)N(C)[C@@H](CC(C)C)C(=O)N[C@@H](C)C(=O)N[C@H](C)C(=O)N(C)[C@@H](CC(C)C)C(=O)N(C)[C@@H](CC(C)C)C(=O)N(C)[C@@H](C(C)C)C(=O)N1C. The Hall–Kier alpha value is -5.99. The highest BCUT2D eigenvalue weighted by Crippen LogP contribution is 2.30.